The van der Waals surface area contributed by atoms with Crippen molar-refractivity contribution in [2.75, 3.05) is 0 Å². The van der Waals surface area contributed by atoms with Crippen LogP contribution < -0.4 is 0 Å². The first-order chi connectivity index (χ1) is 5.06. The third-order valence-corrected chi connectivity index (χ3v) is 0.811. The van der Waals surface area contributed by atoms with Gasteiger partial charge in [-0.25, -0.2) is 0 Å². The fourth-order valence-electron chi connectivity index (χ4n) is 0.404. The molecule has 0 fully saturated rings. The maximum Gasteiger partial charge on any atom is 0.409 e. The second-order valence-corrected chi connectivity index (χ2v) is 1.81. The fourth-order valence-corrected chi connectivity index (χ4v) is 0.404. The van der Waals surface area contributed by atoms with Crippen LogP contribution in [-0.4, -0.2) is 6.18 Å². The Morgan fingerprint density at radius 1 is 0.909 bits per heavy atom. The molecule has 0 rings (SSSR count). The SMILES string of the molecule is C\C=C/C=C\C=C\C(F)(F)F. The monoisotopic (exact) mass is 162 g/mol. The van der Waals surface area contributed by atoms with Crippen LogP contribution in [0.2, 0.25) is 0 Å². The summed E-state index contributed by atoms with van der Waals surface area (Å²) in [6.07, 6.45) is 3.18. The molecule has 0 unspecified atom stereocenters. The molecule has 11 heavy (non-hydrogen) atoms. The molecule has 0 atom stereocenters. The molecule has 0 aromatic carbocycles. The van der Waals surface area contributed by atoms with Crippen LogP contribution >= 0.6 is 0 Å². The number of halogens is 3. The quantitative estimate of drug-likeness (QED) is 0.547. The molecule has 0 nitrogen and oxygen atoms in total. The van der Waals surface area contributed by atoms with Crippen molar-refractivity contribution in [3.05, 3.63) is 36.5 Å². The molecule has 0 aliphatic heterocycles. The number of hydrogen-bond donors (Lipinski definition) is 0. The molecule has 0 aromatic rings. The van der Waals surface area contributed by atoms with E-state index < -0.39 is 6.18 Å². The predicted octanol–water partition coefficient (Wildman–Crippen LogP) is 3.24. The van der Waals surface area contributed by atoms with Gasteiger partial charge in [0.05, 0.1) is 0 Å². The van der Waals surface area contributed by atoms with Crippen LogP contribution in [0, 0.1) is 0 Å². The summed E-state index contributed by atoms with van der Waals surface area (Å²) in [7, 11) is 0. The van der Waals surface area contributed by atoms with E-state index in [1.165, 1.54) is 12.2 Å². The van der Waals surface area contributed by atoms with Crippen LogP contribution in [0.1, 0.15) is 6.92 Å². The van der Waals surface area contributed by atoms with E-state index in [4.69, 9.17) is 0 Å². The van der Waals surface area contributed by atoms with Crippen LogP contribution in [0.5, 0.6) is 0 Å². The van der Waals surface area contributed by atoms with Crippen molar-refractivity contribution in [2.24, 2.45) is 0 Å². The van der Waals surface area contributed by atoms with Crippen LogP contribution in [-0.2, 0) is 0 Å². The molecule has 0 aliphatic carbocycles. The smallest absolute Gasteiger partial charge is 0.167 e. The van der Waals surface area contributed by atoms with E-state index in [9.17, 15) is 13.2 Å². The second kappa shape index (κ2) is 4.77. The molecule has 0 aromatic heterocycles. The number of alkyl halides is 3. The molecule has 0 aliphatic rings. The molecule has 0 heterocycles. The zero-order chi connectivity index (χ0) is 8.74. The van der Waals surface area contributed by atoms with Crippen LogP contribution in [0.4, 0.5) is 13.2 Å². The second-order valence-electron chi connectivity index (χ2n) is 1.81. The van der Waals surface area contributed by atoms with E-state index in [0.29, 0.717) is 0 Å². The van der Waals surface area contributed by atoms with Crippen LogP contribution in [0.15, 0.2) is 36.5 Å². The highest BCUT2D eigenvalue weighted by atomic mass is 19.4. The number of allylic oxidation sites excluding steroid dienone is 6. The van der Waals surface area contributed by atoms with Crippen molar-refractivity contribution in [3.8, 4) is 0 Å². The van der Waals surface area contributed by atoms with Gasteiger partial charge in [-0.2, -0.15) is 13.2 Å². The molecule has 0 spiro atoms. The summed E-state index contributed by atoms with van der Waals surface area (Å²) in [6, 6.07) is 0. The van der Waals surface area contributed by atoms with Crippen LogP contribution in [0.25, 0.3) is 0 Å². The lowest BCUT2D eigenvalue weighted by atomic mass is 10.4. The Hall–Kier alpha value is -0.990. The molecule has 0 saturated heterocycles. The Bertz CT molecular complexity index is 172. The average Bonchev–Trinajstić information content (AvgIpc) is 1.85. The summed E-state index contributed by atoms with van der Waals surface area (Å²) in [6.45, 7) is 1.79. The minimum atomic E-state index is -4.21. The molecular formula is C8H9F3. The molecule has 0 bridgehead atoms. The largest absolute Gasteiger partial charge is 0.409 e. The Morgan fingerprint density at radius 3 is 1.91 bits per heavy atom. The Balaban J connectivity index is 3.78. The van der Waals surface area contributed by atoms with E-state index in [1.54, 1.807) is 19.1 Å². The third kappa shape index (κ3) is 9.01. The van der Waals surface area contributed by atoms with Gasteiger partial charge in [-0.1, -0.05) is 30.4 Å². The topological polar surface area (TPSA) is 0 Å². The predicted molar refractivity (Wildman–Crippen MR) is 39.1 cm³/mol. The highest BCUT2D eigenvalue weighted by Gasteiger charge is 2.20. The zero-order valence-electron chi connectivity index (χ0n) is 6.10. The van der Waals surface area contributed by atoms with Crippen molar-refractivity contribution in [1.29, 1.82) is 0 Å². The summed E-state index contributed by atoms with van der Waals surface area (Å²) in [4.78, 5) is 0. The van der Waals surface area contributed by atoms with Gasteiger partial charge >= 0.3 is 6.18 Å². The minimum Gasteiger partial charge on any atom is -0.167 e. The average molecular weight is 162 g/mol. The zero-order valence-corrected chi connectivity index (χ0v) is 6.10. The lowest BCUT2D eigenvalue weighted by Gasteiger charge is -1.93. The first-order valence-electron chi connectivity index (χ1n) is 3.10. The lowest BCUT2D eigenvalue weighted by molar-refractivity contribution is -0.0798. The van der Waals surface area contributed by atoms with Gasteiger partial charge in [-0.05, 0) is 6.92 Å². The summed E-state index contributed by atoms with van der Waals surface area (Å²) >= 11 is 0. The van der Waals surface area contributed by atoms with Gasteiger partial charge in [-0.15, -0.1) is 0 Å². The van der Waals surface area contributed by atoms with Gasteiger partial charge in [0, 0.05) is 6.08 Å². The minimum absolute atomic E-state index is 0.188. The Kier molecular flexibility index (Phi) is 4.34. The van der Waals surface area contributed by atoms with Gasteiger partial charge in [0.25, 0.3) is 0 Å². The van der Waals surface area contributed by atoms with Crippen molar-refractivity contribution >= 4 is 0 Å². The lowest BCUT2D eigenvalue weighted by Crippen LogP contribution is -1.99. The third-order valence-electron chi connectivity index (χ3n) is 0.811. The first kappa shape index (κ1) is 10.0. The molecule has 0 N–H and O–H groups in total. The van der Waals surface area contributed by atoms with Gasteiger partial charge in [0.2, 0.25) is 0 Å². The number of rotatable bonds is 2. The van der Waals surface area contributed by atoms with Gasteiger partial charge < -0.3 is 0 Å². The molecule has 0 radical (unpaired) electrons. The van der Waals surface area contributed by atoms with E-state index in [-0.39, 0.29) is 6.08 Å². The molecule has 0 amide bonds. The molecule has 3 heteroatoms. The van der Waals surface area contributed by atoms with Crippen LogP contribution in [0.3, 0.4) is 0 Å². The summed E-state index contributed by atoms with van der Waals surface area (Å²) in [5.74, 6) is 0. The normalized spacial score (nSPS) is 14.2. The summed E-state index contributed by atoms with van der Waals surface area (Å²) in [5.41, 5.74) is 0. The van der Waals surface area contributed by atoms with Gasteiger partial charge in [0.15, 0.2) is 0 Å². The Labute approximate surface area is 63.7 Å². The van der Waals surface area contributed by atoms with Gasteiger partial charge in [-0.3, -0.25) is 0 Å². The van der Waals surface area contributed by atoms with E-state index in [2.05, 4.69) is 0 Å². The standard InChI is InChI=1S/C8H9F3/c1-2-3-4-5-6-7-8(9,10)11/h2-7H,1H3/b3-2-,5-4-,7-6+. The number of hydrogen-bond acceptors (Lipinski definition) is 0. The summed E-state index contributed by atoms with van der Waals surface area (Å²) in [5, 5.41) is 0. The Morgan fingerprint density at radius 2 is 1.45 bits per heavy atom. The molecule has 0 saturated carbocycles. The van der Waals surface area contributed by atoms with Gasteiger partial charge in [0.1, 0.15) is 0 Å². The maximum absolute atomic E-state index is 11.4. The maximum atomic E-state index is 11.4. The van der Waals surface area contributed by atoms with Crippen molar-refractivity contribution < 1.29 is 13.2 Å². The van der Waals surface area contributed by atoms with E-state index >= 15 is 0 Å². The van der Waals surface area contributed by atoms with E-state index in [0.717, 1.165) is 6.08 Å². The van der Waals surface area contributed by atoms with Crippen molar-refractivity contribution in [2.45, 2.75) is 13.1 Å². The first-order valence-corrected chi connectivity index (χ1v) is 3.10. The van der Waals surface area contributed by atoms with Crippen molar-refractivity contribution in [3.63, 3.8) is 0 Å². The fraction of sp³-hybridized carbons (Fsp3) is 0.250. The highest BCUT2D eigenvalue weighted by Crippen LogP contribution is 2.15. The van der Waals surface area contributed by atoms with Crippen molar-refractivity contribution in [1.82, 2.24) is 0 Å². The molecular weight excluding hydrogens is 153 g/mol. The van der Waals surface area contributed by atoms with E-state index in [1.807, 2.05) is 0 Å². The highest BCUT2D eigenvalue weighted by molar-refractivity contribution is 5.11. The molecule has 62 valence electrons. The summed E-state index contributed by atoms with van der Waals surface area (Å²) < 4.78 is 34.3.